The van der Waals surface area contributed by atoms with E-state index >= 15 is 0 Å². The molecule has 0 unspecified atom stereocenters. The van der Waals surface area contributed by atoms with Gasteiger partial charge in [-0.15, -0.1) is 0 Å². The average molecular weight is 368 g/mol. The van der Waals surface area contributed by atoms with E-state index in [1.807, 2.05) is 6.07 Å². The molecule has 0 radical (unpaired) electrons. The van der Waals surface area contributed by atoms with E-state index in [0.29, 0.717) is 37.6 Å². The fraction of sp³-hybridized carbons (Fsp3) is 0.312. The highest BCUT2D eigenvalue weighted by Crippen LogP contribution is 2.20. The average Bonchev–Trinajstić information content (AvgIpc) is 3.08. The lowest BCUT2D eigenvalue weighted by Gasteiger charge is -2.34. The van der Waals surface area contributed by atoms with Gasteiger partial charge in [0, 0.05) is 43.6 Å². The van der Waals surface area contributed by atoms with Gasteiger partial charge in [0.05, 0.1) is 11.3 Å². The maximum absolute atomic E-state index is 12.6. The first-order valence-electron chi connectivity index (χ1n) is 7.62. The molecule has 1 saturated heterocycles. The van der Waals surface area contributed by atoms with Crippen LogP contribution >= 0.6 is 11.6 Å². The smallest absolute Gasteiger partial charge is 0.243 e. The van der Waals surface area contributed by atoms with Crippen LogP contribution in [-0.2, 0) is 21.2 Å². The van der Waals surface area contributed by atoms with Gasteiger partial charge >= 0.3 is 0 Å². The molecular weight excluding hydrogens is 350 g/mol. The number of aromatic nitrogens is 1. The minimum absolute atomic E-state index is 0.0122. The SMILES string of the molecule is O=C(Cc1cc[nH]c1)N1CCN(S(=O)(=O)c2ccc(Cl)cc2)CC1. The summed E-state index contributed by atoms with van der Waals surface area (Å²) in [7, 11) is -3.55. The second kappa shape index (κ2) is 6.96. The molecule has 0 spiro atoms. The third-order valence-corrected chi connectivity index (χ3v) is 6.23. The van der Waals surface area contributed by atoms with Crippen molar-refractivity contribution in [3.8, 4) is 0 Å². The molecule has 2 heterocycles. The summed E-state index contributed by atoms with van der Waals surface area (Å²) in [6, 6.07) is 7.98. The molecule has 2 aromatic rings. The van der Waals surface area contributed by atoms with Gasteiger partial charge in [0.15, 0.2) is 0 Å². The van der Waals surface area contributed by atoms with Crippen LogP contribution in [0.2, 0.25) is 5.02 Å². The molecule has 128 valence electrons. The number of benzene rings is 1. The van der Waals surface area contributed by atoms with Crippen LogP contribution in [0.5, 0.6) is 0 Å². The van der Waals surface area contributed by atoms with Crippen molar-refractivity contribution in [1.82, 2.24) is 14.2 Å². The van der Waals surface area contributed by atoms with E-state index in [4.69, 9.17) is 11.6 Å². The van der Waals surface area contributed by atoms with Crippen molar-refractivity contribution in [1.29, 1.82) is 0 Å². The first-order valence-corrected chi connectivity index (χ1v) is 9.44. The summed E-state index contributed by atoms with van der Waals surface area (Å²) in [5.74, 6) is 0.0122. The molecule has 3 rings (SSSR count). The van der Waals surface area contributed by atoms with Crippen molar-refractivity contribution < 1.29 is 13.2 Å². The van der Waals surface area contributed by atoms with E-state index in [-0.39, 0.29) is 10.8 Å². The van der Waals surface area contributed by atoms with Crippen LogP contribution in [0.4, 0.5) is 0 Å². The fourth-order valence-corrected chi connectivity index (χ4v) is 4.24. The number of piperazine rings is 1. The maximum atomic E-state index is 12.6. The first-order chi connectivity index (χ1) is 11.5. The van der Waals surface area contributed by atoms with Crippen molar-refractivity contribution in [3.05, 3.63) is 53.3 Å². The summed E-state index contributed by atoms with van der Waals surface area (Å²) in [5.41, 5.74) is 0.927. The van der Waals surface area contributed by atoms with Gasteiger partial charge in [-0.2, -0.15) is 4.31 Å². The number of H-pyrrole nitrogens is 1. The molecule has 0 aliphatic carbocycles. The Labute approximate surface area is 146 Å². The topological polar surface area (TPSA) is 73.5 Å². The van der Waals surface area contributed by atoms with Crippen LogP contribution in [-0.4, -0.2) is 54.7 Å². The largest absolute Gasteiger partial charge is 0.367 e. The lowest BCUT2D eigenvalue weighted by Crippen LogP contribution is -2.50. The van der Waals surface area contributed by atoms with E-state index in [0.717, 1.165) is 5.56 Å². The zero-order chi connectivity index (χ0) is 17.2. The van der Waals surface area contributed by atoms with Gasteiger partial charge in [-0.05, 0) is 35.9 Å². The summed E-state index contributed by atoms with van der Waals surface area (Å²) in [5, 5.41) is 0.495. The number of nitrogens with one attached hydrogen (secondary N) is 1. The molecule has 1 fully saturated rings. The number of hydrogen-bond acceptors (Lipinski definition) is 3. The Kier molecular flexibility index (Phi) is 4.93. The van der Waals surface area contributed by atoms with E-state index in [1.165, 1.54) is 16.4 Å². The number of nitrogens with zero attached hydrogens (tertiary/aromatic N) is 2. The molecule has 1 aliphatic rings. The van der Waals surface area contributed by atoms with Crippen molar-refractivity contribution in [2.75, 3.05) is 26.2 Å². The van der Waals surface area contributed by atoms with Crippen LogP contribution in [0.25, 0.3) is 0 Å². The molecule has 0 atom stereocenters. The van der Waals surface area contributed by atoms with Crippen LogP contribution < -0.4 is 0 Å². The standard InChI is InChI=1S/C16H18ClN3O3S/c17-14-1-3-15(4-2-14)24(22,23)20-9-7-19(8-10-20)16(21)11-13-5-6-18-12-13/h1-6,12,18H,7-11H2. The molecule has 24 heavy (non-hydrogen) atoms. The lowest BCUT2D eigenvalue weighted by atomic mass is 10.2. The van der Waals surface area contributed by atoms with Crippen molar-refractivity contribution in [2.24, 2.45) is 0 Å². The second-order valence-corrected chi connectivity index (χ2v) is 8.01. The zero-order valence-corrected chi connectivity index (χ0v) is 14.6. The van der Waals surface area contributed by atoms with E-state index in [1.54, 1.807) is 29.4 Å². The van der Waals surface area contributed by atoms with Gasteiger partial charge in [0.25, 0.3) is 0 Å². The third kappa shape index (κ3) is 3.63. The predicted molar refractivity (Wildman–Crippen MR) is 91.3 cm³/mol. The summed E-state index contributed by atoms with van der Waals surface area (Å²) >= 11 is 5.80. The molecule has 1 aromatic carbocycles. The Morgan fingerprint density at radius 1 is 1.08 bits per heavy atom. The molecule has 0 saturated carbocycles. The van der Waals surface area contributed by atoms with E-state index in [9.17, 15) is 13.2 Å². The van der Waals surface area contributed by atoms with Crippen molar-refractivity contribution >= 4 is 27.5 Å². The number of halogens is 1. The number of hydrogen-bond donors (Lipinski definition) is 1. The minimum atomic E-state index is -3.55. The highest BCUT2D eigenvalue weighted by atomic mass is 35.5. The normalized spacial score (nSPS) is 16.3. The Hall–Kier alpha value is -1.83. The Morgan fingerprint density at radius 2 is 1.75 bits per heavy atom. The van der Waals surface area contributed by atoms with Crippen LogP contribution in [0.15, 0.2) is 47.6 Å². The lowest BCUT2D eigenvalue weighted by molar-refractivity contribution is -0.131. The molecular formula is C16H18ClN3O3S. The number of rotatable bonds is 4. The number of carbonyl (C=O) groups excluding carboxylic acids is 1. The molecule has 1 aliphatic heterocycles. The Balaban J connectivity index is 1.62. The Bertz CT molecular complexity index is 796. The van der Waals surface area contributed by atoms with Crippen LogP contribution in [0.1, 0.15) is 5.56 Å². The van der Waals surface area contributed by atoms with Gasteiger partial charge in [0.1, 0.15) is 0 Å². The highest BCUT2D eigenvalue weighted by molar-refractivity contribution is 7.89. The van der Waals surface area contributed by atoms with Gasteiger partial charge in [0.2, 0.25) is 15.9 Å². The molecule has 1 aromatic heterocycles. The molecule has 1 amide bonds. The maximum Gasteiger partial charge on any atom is 0.243 e. The zero-order valence-electron chi connectivity index (χ0n) is 13.0. The summed E-state index contributed by atoms with van der Waals surface area (Å²) in [6.07, 6.45) is 3.89. The highest BCUT2D eigenvalue weighted by Gasteiger charge is 2.30. The van der Waals surface area contributed by atoms with Gasteiger partial charge < -0.3 is 9.88 Å². The summed E-state index contributed by atoms with van der Waals surface area (Å²) in [4.78, 5) is 17.1. The van der Waals surface area contributed by atoms with Gasteiger partial charge in [-0.25, -0.2) is 8.42 Å². The van der Waals surface area contributed by atoms with Gasteiger partial charge in [-0.1, -0.05) is 11.6 Å². The molecule has 8 heteroatoms. The Morgan fingerprint density at radius 3 is 2.33 bits per heavy atom. The molecule has 0 bridgehead atoms. The van der Waals surface area contributed by atoms with E-state index in [2.05, 4.69) is 4.98 Å². The molecule has 1 N–H and O–H groups in total. The van der Waals surface area contributed by atoms with Crippen molar-refractivity contribution in [2.45, 2.75) is 11.3 Å². The third-order valence-electron chi connectivity index (χ3n) is 4.06. The van der Waals surface area contributed by atoms with Crippen LogP contribution in [0, 0.1) is 0 Å². The minimum Gasteiger partial charge on any atom is -0.367 e. The number of carbonyl (C=O) groups is 1. The number of sulfonamides is 1. The fourth-order valence-electron chi connectivity index (χ4n) is 2.69. The quantitative estimate of drug-likeness (QED) is 0.894. The van der Waals surface area contributed by atoms with Crippen molar-refractivity contribution in [3.63, 3.8) is 0 Å². The summed E-state index contributed by atoms with van der Waals surface area (Å²) < 4.78 is 26.6. The second-order valence-electron chi connectivity index (χ2n) is 5.63. The monoisotopic (exact) mass is 367 g/mol. The molecule has 6 nitrogen and oxygen atoms in total. The van der Waals surface area contributed by atoms with Crippen LogP contribution in [0.3, 0.4) is 0 Å². The van der Waals surface area contributed by atoms with Gasteiger partial charge in [-0.3, -0.25) is 4.79 Å². The predicted octanol–water partition coefficient (Wildman–Crippen LogP) is 1.74. The number of amides is 1. The summed E-state index contributed by atoms with van der Waals surface area (Å²) in [6.45, 7) is 1.39. The number of aromatic amines is 1. The first kappa shape index (κ1) is 17.0. The van der Waals surface area contributed by atoms with E-state index < -0.39 is 10.0 Å².